The zero-order valence-electron chi connectivity index (χ0n) is 13.5. The number of pyridine rings is 2. The van der Waals surface area contributed by atoms with Crippen molar-refractivity contribution in [3.05, 3.63) is 60.2 Å². The van der Waals surface area contributed by atoms with Crippen molar-refractivity contribution < 1.29 is 21.0 Å². The van der Waals surface area contributed by atoms with Crippen LogP contribution in [0.15, 0.2) is 48.8 Å². The Morgan fingerprint density at radius 2 is 1.44 bits per heavy atom. The molecule has 0 saturated heterocycles. The van der Waals surface area contributed by atoms with Gasteiger partial charge in [-0.05, 0) is 24.3 Å². The van der Waals surface area contributed by atoms with Crippen molar-refractivity contribution in [2.75, 3.05) is 26.4 Å². The van der Waals surface area contributed by atoms with Gasteiger partial charge in [0.05, 0.1) is 31.2 Å². The third-order valence-corrected chi connectivity index (χ3v) is 3.01. The molecular formula is C16H21Cl3FeN3O2. The summed E-state index contributed by atoms with van der Waals surface area (Å²) in [7, 11) is 14.7. The molecule has 2 heterocycles. The summed E-state index contributed by atoms with van der Waals surface area (Å²) in [6.45, 7) is 3.29. The van der Waals surface area contributed by atoms with E-state index in [0.717, 1.165) is 31.0 Å². The SMILES string of the molecule is OCCOCCN(Cc1ccccn1)Cc1ccccn1.[Cl][Fe]([Cl])[Cl]. The van der Waals surface area contributed by atoms with E-state index in [-0.39, 0.29) is 6.61 Å². The summed E-state index contributed by atoms with van der Waals surface area (Å²) in [5, 5.41) is 8.74. The van der Waals surface area contributed by atoms with Crippen molar-refractivity contribution in [2.45, 2.75) is 13.1 Å². The van der Waals surface area contributed by atoms with Gasteiger partial charge in [-0.15, -0.1) is 0 Å². The Hall–Kier alpha value is -0.431. The molecular weight excluding hydrogens is 428 g/mol. The van der Waals surface area contributed by atoms with Crippen molar-refractivity contribution in [3.8, 4) is 0 Å². The molecule has 25 heavy (non-hydrogen) atoms. The second-order valence-electron chi connectivity index (χ2n) is 4.84. The Morgan fingerprint density at radius 1 is 0.920 bits per heavy atom. The van der Waals surface area contributed by atoms with Gasteiger partial charge in [0, 0.05) is 32.0 Å². The van der Waals surface area contributed by atoms with E-state index in [1.807, 2.05) is 36.4 Å². The van der Waals surface area contributed by atoms with E-state index in [0.29, 0.717) is 13.2 Å². The van der Waals surface area contributed by atoms with Gasteiger partial charge in [0.15, 0.2) is 0 Å². The minimum atomic E-state index is -1.33. The molecule has 0 aromatic carbocycles. The van der Waals surface area contributed by atoms with Gasteiger partial charge in [-0.1, -0.05) is 12.1 Å². The monoisotopic (exact) mass is 448 g/mol. The average molecular weight is 450 g/mol. The van der Waals surface area contributed by atoms with Gasteiger partial charge in [0.25, 0.3) is 0 Å². The zero-order chi connectivity index (χ0) is 18.3. The number of rotatable bonds is 9. The van der Waals surface area contributed by atoms with Gasteiger partial charge < -0.3 is 9.84 Å². The standard InChI is InChI=1S/C16H21N3O2.3ClH.Fe/c20-10-12-21-11-9-19(13-15-5-1-3-7-17-15)14-16-6-2-4-8-18-16;;;;/h1-8,20H,9-14H2;3*1H;/q;;;;+3/p-3. The molecule has 0 saturated carbocycles. The molecule has 141 valence electrons. The van der Waals surface area contributed by atoms with Crippen LogP contribution in [-0.4, -0.2) is 46.3 Å². The summed E-state index contributed by atoms with van der Waals surface area (Å²) < 4.78 is 5.36. The second kappa shape index (κ2) is 14.7. The molecule has 2 rings (SSSR count). The van der Waals surface area contributed by atoms with E-state index in [9.17, 15) is 0 Å². The van der Waals surface area contributed by atoms with E-state index in [1.165, 1.54) is 0 Å². The van der Waals surface area contributed by atoms with Crippen LogP contribution in [0.25, 0.3) is 0 Å². The van der Waals surface area contributed by atoms with Crippen molar-refractivity contribution in [1.29, 1.82) is 0 Å². The molecule has 0 radical (unpaired) electrons. The van der Waals surface area contributed by atoms with Crippen molar-refractivity contribution in [1.82, 2.24) is 14.9 Å². The first kappa shape index (κ1) is 22.6. The number of aliphatic hydroxyl groups excluding tert-OH is 1. The molecule has 1 N–H and O–H groups in total. The molecule has 2 aromatic heterocycles. The fraction of sp³-hybridized carbons (Fsp3) is 0.375. The summed E-state index contributed by atoms with van der Waals surface area (Å²) in [4.78, 5) is 11.0. The van der Waals surface area contributed by atoms with Gasteiger partial charge in [-0.25, -0.2) is 0 Å². The molecule has 0 aliphatic rings. The predicted molar refractivity (Wildman–Crippen MR) is 98.1 cm³/mol. The molecule has 0 aliphatic heterocycles. The van der Waals surface area contributed by atoms with Gasteiger partial charge in [-0.2, -0.15) is 0 Å². The first-order valence-electron chi connectivity index (χ1n) is 7.49. The molecule has 0 fully saturated rings. The molecule has 9 heteroatoms. The Bertz CT molecular complexity index is 509. The van der Waals surface area contributed by atoms with E-state index in [1.54, 1.807) is 12.4 Å². The normalized spacial score (nSPS) is 11.0. The third-order valence-electron chi connectivity index (χ3n) is 3.01. The summed E-state index contributed by atoms with van der Waals surface area (Å²) in [5.74, 6) is 0. The maximum atomic E-state index is 8.74. The predicted octanol–water partition coefficient (Wildman–Crippen LogP) is 3.55. The molecule has 0 spiro atoms. The van der Waals surface area contributed by atoms with Crippen LogP contribution in [0.5, 0.6) is 0 Å². The molecule has 2 aromatic rings. The Labute approximate surface area is 165 Å². The van der Waals surface area contributed by atoms with E-state index >= 15 is 0 Å². The van der Waals surface area contributed by atoms with Crippen LogP contribution in [0.4, 0.5) is 0 Å². The minimum absolute atomic E-state index is 0.0560. The first-order valence-corrected chi connectivity index (χ1v) is 12.0. The fourth-order valence-electron chi connectivity index (χ4n) is 2.02. The van der Waals surface area contributed by atoms with Crippen LogP contribution in [0.2, 0.25) is 0 Å². The van der Waals surface area contributed by atoms with Crippen molar-refractivity contribution in [2.24, 2.45) is 0 Å². The van der Waals surface area contributed by atoms with Crippen molar-refractivity contribution in [3.63, 3.8) is 0 Å². The van der Waals surface area contributed by atoms with Gasteiger partial charge >= 0.3 is 41.5 Å². The average Bonchev–Trinajstić information content (AvgIpc) is 2.60. The van der Waals surface area contributed by atoms with Crippen LogP contribution in [0.3, 0.4) is 0 Å². The van der Waals surface area contributed by atoms with Crippen LogP contribution >= 0.6 is 30.3 Å². The zero-order valence-corrected chi connectivity index (χ0v) is 16.9. The summed E-state index contributed by atoms with van der Waals surface area (Å²) in [5.41, 5.74) is 2.05. The molecule has 0 bridgehead atoms. The van der Waals surface area contributed by atoms with Crippen LogP contribution in [-0.2, 0) is 29.0 Å². The molecule has 0 unspecified atom stereocenters. The maximum absolute atomic E-state index is 8.74. The Balaban J connectivity index is 0.000000705. The van der Waals surface area contributed by atoms with E-state index in [4.69, 9.17) is 40.1 Å². The Kier molecular flexibility index (Phi) is 13.3. The third kappa shape index (κ3) is 12.5. The fourth-order valence-corrected chi connectivity index (χ4v) is 2.02. The Morgan fingerprint density at radius 3 is 1.84 bits per heavy atom. The molecule has 5 nitrogen and oxygen atoms in total. The summed E-state index contributed by atoms with van der Waals surface area (Å²) in [6, 6.07) is 11.8. The van der Waals surface area contributed by atoms with Gasteiger partial charge in [0.1, 0.15) is 0 Å². The number of hydrogen-bond donors (Lipinski definition) is 1. The van der Waals surface area contributed by atoms with Crippen LogP contribution < -0.4 is 0 Å². The molecule has 0 aliphatic carbocycles. The molecule has 0 atom stereocenters. The number of ether oxygens (including phenoxy) is 1. The van der Waals surface area contributed by atoms with Gasteiger partial charge in [0.2, 0.25) is 0 Å². The van der Waals surface area contributed by atoms with Crippen LogP contribution in [0, 0.1) is 0 Å². The topological polar surface area (TPSA) is 58.5 Å². The number of aliphatic hydroxyl groups is 1. The van der Waals surface area contributed by atoms with Crippen molar-refractivity contribution >= 4 is 30.3 Å². The number of nitrogens with zero attached hydrogens (tertiary/aromatic N) is 3. The second-order valence-corrected chi connectivity index (χ2v) is 10.3. The molecule has 0 amide bonds. The van der Waals surface area contributed by atoms with E-state index < -0.39 is 11.2 Å². The van der Waals surface area contributed by atoms with E-state index in [2.05, 4.69) is 14.9 Å². The summed E-state index contributed by atoms with van der Waals surface area (Å²) >= 11 is -1.33. The number of halogens is 3. The van der Waals surface area contributed by atoms with Crippen LogP contribution in [0.1, 0.15) is 11.4 Å². The van der Waals surface area contributed by atoms with Gasteiger partial charge in [-0.3, -0.25) is 14.9 Å². The summed E-state index contributed by atoms with van der Waals surface area (Å²) in [6.07, 6.45) is 3.60. The number of hydrogen-bond acceptors (Lipinski definition) is 5. The first-order chi connectivity index (χ1) is 12.1. The number of aromatic nitrogens is 2. The quantitative estimate of drug-likeness (QED) is 0.469.